The van der Waals surface area contributed by atoms with E-state index in [0.717, 1.165) is 86.9 Å². The minimum atomic E-state index is -4.38. The molecule has 4 heterocycles. The third kappa shape index (κ3) is 6.57. The van der Waals surface area contributed by atoms with Crippen molar-refractivity contribution in [1.82, 2.24) is 24.8 Å². The number of carbonyl (C=O) groups is 1. The summed E-state index contributed by atoms with van der Waals surface area (Å²) in [6, 6.07) is 10.5. The molecule has 0 unspecified atom stereocenters. The highest BCUT2D eigenvalue weighted by atomic mass is 32.1. The molecule has 15 heteroatoms. The van der Waals surface area contributed by atoms with Gasteiger partial charge in [-0.3, -0.25) is 9.69 Å². The van der Waals surface area contributed by atoms with Crippen LogP contribution in [0.15, 0.2) is 24.3 Å². The Kier molecular flexibility index (Phi) is 8.86. The molecule has 1 amide bonds. The predicted octanol–water partition coefficient (Wildman–Crippen LogP) is 4.62. The van der Waals surface area contributed by atoms with Gasteiger partial charge in [0.2, 0.25) is 11.9 Å². The van der Waals surface area contributed by atoms with Crippen molar-refractivity contribution in [2.75, 3.05) is 30.8 Å². The quantitative estimate of drug-likeness (QED) is 0.207. The number of amides is 1. The smallest absolute Gasteiger partial charge is 0.367 e. The van der Waals surface area contributed by atoms with Crippen LogP contribution in [0.1, 0.15) is 67.1 Å². The maximum absolute atomic E-state index is 13.8. The number of aryl methyl sites for hydroxylation is 1. The molecule has 0 bridgehead atoms. The van der Waals surface area contributed by atoms with E-state index in [1.54, 1.807) is 13.1 Å². The first kappa shape index (κ1) is 34.7. The van der Waals surface area contributed by atoms with Crippen LogP contribution in [-0.4, -0.2) is 78.9 Å². The molecule has 2 aliphatic carbocycles. The van der Waals surface area contributed by atoms with Crippen molar-refractivity contribution < 1.29 is 18.0 Å². The number of likely N-dealkylation sites (tertiary alicyclic amines) is 1. The average Bonchev–Trinajstić information content (AvgIpc) is 3.72. The third-order valence-electron chi connectivity index (χ3n) is 11.1. The number of carbonyl (C=O) groups excluding carboxylic acids is 1. The van der Waals surface area contributed by atoms with Gasteiger partial charge in [-0.1, -0.05) is 6.07 Å². The van der Waals surface area contributed by atoms with E-state index in [4.69, 9.17) is 0 Å². The molecule has 2 saturated carbocycles. The molecule has 1 saturated heterocycles. The second-order valence-electron chi connectivity index (χ2n) is 15.4. The lowest BCUT2D eigenvalue weighted by molar-refractivity contribution is -0.143. The molecule has 0 radical (unpaired) electrons. The van der Waals surface area contributed by atoms with Gasteiger partial charge < -0.3 is 20.5 Å². The van der Waals surface area contributed by atoms with Gasteiger partial charge in [-0.15, -0.1) is 11.3 Å². The molecule has 7 rings (SSSR count). The summed E-state index contributed by atoms with van der Waals surface area (Å²) in [4.78, 5) is 24.6. The number of nitrogens with one attached hydrogen (secondary N) is 3. The summed E-state index contributed by atoms with van der Waals surface area (Å²) in [5.41, 5.74) is 4.02. The van der Waals surface area contributed by atoms with Crippen LogP contribution in [0.3, 0.4) is 0 Å². The van der Waals surface area contributed by atoms with Gasteiger partial charge in [-0.2, -0.15) is 23.4 Å². The molecule has 262 valence electrons. The number of benzene rings is 1. The van der Waals surface area contributed by atoms with Gasteiger partial charge in [0.15, 0.2) is 0 Å². The number of thiophene rings is 1. The van der Waals surface area contributed by atoms with Gasteiger partial charge in [0.25, 0.3) is 0 Å². The predicted molar refractivity (Wildman–Crippen MR) is 197 cm³/mol. The fourth-order valence-corrected chi connectivity index (χ4v) is 8.85. The molecule has 0 atom stereocenters. The van der Waals surface area contributed by atoms with Crippen molar-refractivity contribution in [3.8, 4) is 6.07 Å². The number of aromatic nitrogens is 3. The molecule has 0 spiro atoms. The molecular weight excluding hydrogens is 659 g/mol. The standard InChI is InChI=1S/C35H43B2F3N8OS/c1-19-22(6-7-27-25(19)12-24(16-41)48(27)17-20-14-33(2,15-20)46-30(49)21-4-5-21)18-47-10-8-23(9-11-47)43-29-26-13-28(34(36,37)35(38,39)40)50-31(26)45-32(42-3)44-29/h6-7,12-13,20-21,23H,4-5,8-11,14-15,17-18,36-37H2,1-3H3,(H,46,49)(H2,42,43,44,45). The molecule has 9 nitrogen and oxygen atoms in total. The summed E-state index contributed by atoms with van der Waals surface area (Å²) in [6.07, 6.45) is 1.19. The lowest BCUT2D eigenvalue weighted by atomic mass is 9.53. The first-order valence-electron chi connectivity index (χ1n) is 17.6. The SMILES string of the molecule is BC(B)(c1cc2c(NC3CCN(Cc4ccc5c(cc(C#N)n5CC5CC(C)(NC(=O)C6CC6)C5)c4C)CC3)nc(NC)nc2s1)C(F)(F)F. The number of hydrogen-bond acceptors (Lipinski definition) is 8. The largest absolute Gasteiger partial charge is 0.385 e. The van der Waals surface area contributed by atoms with Crippen molar-refractivity contribution in [1.29, 1.82) is 5.26 Å². The number of piperidine rings is 1. The lowest BCUT2D eigenvalue weighted by Crippen LogP contribution is -2.56. The van der Waals surface area contributed by atoms with E-state index in [0.29, 0.717) is 33.6 Å². The third-order valence-corrected chi connectivity index (χ3v) is 12.5. The van der Waals surface area contributed by atoms with Gasteiger partial charge >= 0.3 is 6.18 Å². The Morgan fingerprint density at radius 1 is 1.12 bits per heavy atom. The molecule has 50 heavy (non-hydrogen) atoms. The number of alkyl halides is 3. The summed E-state index contributed by atoms with van der Waals surface area (Å²) in [6.45, 7) is 7.56. The first-order valence-corrected chi connectivity index (χ1v) is 18.4. The highest BCUT2D eigenvalue weighted by molar-refractivity contribution is 7.19. The van der Waals surface area contributed by atoms with E-state index < -0.39 is 11.4 Å². The number of hydrogen-bond donors (Lipinski definition) is 3. The normalized spacial score (nSPS) is 22.0. The summed E-state index contributed by atoms with van der Waals surface area (Å²) < 4.78 is 43.7. The van der Waals surface area contributed by atoms with E-state index in [1.165, 1.54) is 26.8 Å². The molecule has 1 aliphatic heterocycles. The zero-order chi connectivity index (χ0) is 35.6. The minimum Gasteiger partial charge on any atom is -0.367 e. The fourth-order valence-electron chi connectivity index (χ4n) is 7.69. The number of halogens is 3. The van der Waals surface area contributed by atoms with Crippen molar-refractivity contribution in [3.63, 3.8) is 0 Å². The fraction of sp³-hybridized carbons (Fsp3) is 0.543. The molecule has 3 aromatic heterocycles. The Hall–Kier alpha value is -3.76. The van der Waals surface area contributed by atoms with E-state index in [-0.39, 0.29) is 28.3 Å². The van der Waals surface area contributed by atoms with Crippen LogP contribution in [0.4, 0.5) is 24.9 Å². The van der Waals surface area contributed by atoms with Crippen molar-refractivity contribution in [2.45, 2.75) is 88.4 Å². The van der Waals surface area contributed by atoms with Crippen molar-refractivity contribution >= 4 is 65.8 Å². The van der Waals surface area contributed by atoms with Gasteiger partial charge in [-0.25, -0.2) is 4.98 Å². The van der Waals surface area contributed by atoms with Gasteiger partial charge in [0.05, 0.1) is 5.39 Å². The molecule has 4 aromatic rings. The maximum atomic E-state index is 13.8. The van der Waals surface area contributed by atoms with Crippen molar-refractivity contribution in [3.05, 3.63) is 46.0 Å². The number of fused-ring (bicyclic) bond motifs is 2. The number of nitriles is 1. The number of anilines is 2. The summed E-state index contributed by atoms with van der Waals surface area (Å²) in [5, 5.41) is 19.5. The highest BCUT2D eigenvalue weighted by Crippen LogP contribution is 2.43. The van der Waals surface area contributed by atoms with Gasteiger partial charge in [-0.05, 0) is 87.6 Å². The second kappa shape index (κ2) is 12.8. The zero-order valence-electron chi connectivity index (χ0n) is 29.3. The number of nitrogens with zero attached hydrogens (tertiary/aromatic N) is 5. The molecule has 3 aliphatic rings. The Labute approximate surface area is 296 Å². The second-order valence-corrected chi connectivity index (χ2v) is 16.5. The van der Waals surface area contributed by atoms with Crippen LogP contribution >= 0.6 is 11.3 Å². The lowest BCUT2D eigenvalue weighted by Gasteiger charge is -2.46. The molecule has 3 N–H and O–H groups in total. The van der Waals surface area contributed by atoms with Crippen LogP contribution in [-0.2, 0) is 23.1 Å². The van der Waals surface area contributed by atoms with E-state index >= 15 is 0 Å². The van der Waals surface area contributed by atoms with Gasteiger partial charge in [0, 0.05) is 71.7 Å². The topological polar surface area (TPSA) is 111 Å². The van der Waals surface area contributed by atoms with Crippen LogP contribution in [0, 0.1) is 30.1 Å². The molecule has 1 aromatic carbocycles. The van der Waals surface area contributed by atoms with E-state index in [2.05, 4.69) is 67.4 Å². The van der Waals surface area contributed by atoms with Crippen LogP contribution in [0.2, 0.25) is 0 Å². The van der Waals surface area contributed by atoms with E-state index in [1.807, 2.05) is 6.07 Å². The molecule has 3 fully saturated rings. The van der Waals surface area contributed by atoms with Crippen LogP contribution < -0.4 is 16.0 Å². The van der Waals surface area contributed by atoms with Crippen LogP contribution in [0.5, 0.6) is 0 Å². The Bertz CT molecular complexity index is 1990. The average molecular weight is 702 g/mol. The number of rotatable bonds is 10. The highest BCUT2D eigenvalue weighted by Gasteiger charge is 2.49. The zero-order valence-corrected chi connectivity index (χ0v) is 30.1. The Balaban J connectivity index is 0.998. The Morgan fingerprint density at radius 3 is 2.48 bits per heavy atom. The minimum absolute atomic E-state index is 0.124. The maximum Gasteiger partial charge on any atom is 0.385 e. The molecular formula is C35H43B2F3N8OS. The summed E-state index contributed by atoms with van der Waals surface area (Å²) >= 11 is 1.06. The summed E-state index contributed by atoms with van der Waals surface area (Å²) in [5.74, 6) is 1.74. The van der Waals surface area contributed by atoms with Gasteiger partial charge in [0.1, 0.15) is 38.1 Å². The first-order chi connectivity index (χ1) is 23.7. The Morgan fingerprint density at radius 2 is 1.84 bits per heavy atom. The van der Waals surface area contributed by atoms with Crippen LogP contribution in [0.25, 0.3) is 21.1 Å². The van der Waals surface area contributed by atoms with Crippen molar-refractivity contribution in [2.24, 2.45) is 11.8 Å². The summed E-state index contributed by atoms with van der Waals surface area (Å²) in [7, 11) is 4.11. The van der Waals surface area contributed by atoms with E-state index in [9.17, 15) is 23.2 Å². The monoisotopic (exact) mass is 702 g/mol.